The largest absolute Gasteiger partial charge is 0.383 e. The van der Waals surface area contributed by atoms with Crippen molar-refractivity contribution in [3.8, 4) is 0 Å². The van der Waals surface area contributed by atoms with Crippen molar-refractivity contribution in [2.24, 2.45) is 11.8 Å². The Kier molecular flexibility index (Phi) is 6.51. The summed E-state index contributed by atoms with van der Waals surface area (Å²) < 4.78 is 0. The Balaban J connectivity index is 1.83. The molecule has 6 heteroatoms. The maximum Gasteiger partial charge on any atom is 0.225 e. The molecule has 1 aromatic heterocycles. The minimum absolute atomic E-state index is 0.0732. The van der Waals surface area contributed by atoms with Crippen LogP contribution in [0.4, 0.5) is 5.82 Å². The van der Waals surface area contributed by atoms with E-state index in [-0.39, 0.29) is 17.6 Å². The van der Waals surface area contributed by atoms with E-state index in [9.17, 15) is 9.59 Å². The van der Waals surface area contributed by atoms with Gasteiger partial charge in [0.25, 0.3) is 0 Å². The standard InChI is InChI=1S/C19H30N4O2/c1-12(11-13(2)24)19(25)23-9-7-16(8-10-23)5-6-17-14(3)21-15(4)22-18(17)20/h12,16H,5-11H2,1-4H3,(H2,20,21,22)/t12-/m1/s1. The topological polar surface area (TPSA) is 89.2 Å². The highest BCUT2D eigenvalue weighted by molar-refractivity contribution is 5.85. The third-order valence-electron chi connectivity index (χ3n) is 5.10. The van der Waals surface area contributed by atoms with Gasteiger partial charge in [-0.2, -0.15) is 0 Å². The van der Waals surface area contributed by atoms with Gasteiger partial charge >= 0.3 is 0 Å². The lowest BCUT2D eigenvalue weighted by molar-refractivity contribution is -0.138. The molecule has 0 aliphatic carbocycles. The van der Waals surface area contributed by atoms with E-state index in [1.165, 1.54) is 0 Å². The monoisotopic (exact) mass is 346 g/mol. The first-order chi connectivity index (χ1) is 11.8. The number of carbonyl (C=O) groups is 2. The number of likely N-dealkylation sites (tertiary alicyclic amines) is 1. The number of aromatic nitrogens is 2. The molecule has 0 aromatic carbocycles. The molecule has 6 nitrogen and oxygen atoms in total. The minimum atomic E-state index is -0.207. The first-order valence-corrected chi connectivity index (χ1v) is 9.15. The lowest BCUT2D eigenvalue weighted by Gasteiger charge is -2.33. The smallest absolute Gasteiger partial charge is 0.225 e. The zero-order chi connectivity index (χ0) is 18.6. The van der Waals surface area contributed by atoms with E-state index < -0.39 is 0 Å². The number of anilines is 1. The van der Waals surface area contributed by atoms with E-state index in [0.29, 0.717) is 24.0 Å². The van der Waals surface area contributed by atoms with Crippen molar-refractivity contribution in [1.29, 1.82) is 0 Å². The summed E-state index contributed by atoms with van der Waals surface area (Å²) in [6.07, 6.45) is 4.28. The molecule has 0 bridgehead atoms. The zero-order valence-corrected chi connectivity index (χ0v) is 15.8. The molecule has 1 aliphatic heterocycles. The van der Waals surface area contributed by atoms with Crippen molar-refractivity contribution in [2.75, 3.05) is 18.8 Å². The summed E-state index contributed by atoms with van der Waals surface area (Å²) >= 11 is 0. The lowest BCUT2D eigenvalue weighted by atomic mass is 9.89. The normalized spacial score (nSPS) is 16.7. The number of carbonyl (C=O) groups excluding carboxylic acids is 2. The summed E-state index contributed by atoms with van der Waals surface area (Å²) in [5.74, 6) is 1.87. The second kappa shape index (κ2) is 8.41. The number of rotatable bonds is 6. The summed E-state index contributed by atoms with van der Waals surface area (Å²) in [5, 5.41) is 0. The van der Waals surface area contributed by atoms with Crippen LogP contribution in [0.1, 0.15) is 56.6 Å². The molecular formula is C19H30N4O2. The molecule has 0 spiro atoms. The molecule has 2 heterocycles. The molecule has 25 heavy (non-hydrogen) atoms. The van der Waals surface area contributed by atoms with Gasteiger partial charge in [0, 0.05) is 36.7 Å². The van der Waals surface area contributed by atoms with Crippen LogP contribution >= 0.6 is 0 Å². The van der Waals surface area contributed by atoms with Crippen LogP contribution in [-0.2, 0) is 16.0 Å². The first kappa shape index (κ1) is 19.3. The summed E-state index contributed by atoms with van der Waals surface area (Å²) in [4.78, 5) is 34.2. The maximum absolute atomic E-state index is 12.4. The molecule has 0 unspecified atom stereocenters. The predicted molar refractivity (Wildman–Crippen MR) is 98.0 cm³/mol. The van der Waals surface area contributed by atoms with Crippen molar-refractivity contribution < 1.29 is 9.59 Å². The second-order valence-electron chi connectivity index (χ2n) is 7.33. The van der Waals surface area contributed by atoms with E-state index in [1.807, 2.05) is 25.7 Å². The fourth-order valence-corrected chi connectivity index (χ4v) is 3.69. The highest BCUT2D eigenvalue weighted by atomic mass is 16.2. The van der Waals surface area contributed by atoms with Crippen molar-refractivity contribution in [3.63, 3.8) is 0 Å². The number of hydrogen-bond donors (Lipinski definition) is 1. The Labute approximate surface area is 150 Å². The number of piperidine rings is 1. The van der Waals surface area contributed by atoms with E-state index in [4.69, 9.17) is 5.73 Å². The molecule has 2 rings (SSSR count). The van der Waals surface area contributed by atoms with Gasteiger partial charge in [0.1, 0.15) is 17.4 Å². The van der Waals surface area contributed by atoms with E-state index in [0.717, 1.165) is 50.0 Å². The van der Waals surface area contributed by atoms with Gasteiger partial charge in [-0.1, -0.05) is 6.92 Å². The molecule has 1 aromatic rings. The third kappa shape index (κ3) is 5.25. The summed E-state index contributed by atoms with van der Waals surface area (Å²) in [6.45, 7) is 8.79. The Morgan fingerprint density at radius 2 is 1.88 bits per heavy atom. The fraction of sp³-hybridized carbons (Fsp3) is 0.684. The second-order valence-corrected chi connectivity index (χ2v) is 7.33. The number of ketones is 1. The van der Waals surface area contributed by atoms with E-state index in [2.05, 4.69) is 9.97 Å². The van der Waals surface area contributed by atoms with Crippen LogP contribution < -0.4 is 5.73 Å². The first-order valence-electron chi connectivity index (χ1n) is 9.15. The average Bonchev–Trinajstić information content (AvgIpc) is 2.53. The lowest BCUT2D eigenvalue weighted by Crippen LogP contribution is -2.41. The number of nitrogens with two attached hydrogens (primary N) is 1. The maximum atomic E-state index is 12.4. The Morgan fingerprint density at radius 1 is 1.24 bits per heavy atom. The summed E-state index contributed by atoms with van der Waals surface area (Å²) in [6, 6.07) is 0. The van der Waals surface area contributed by atoms with Crippen molar-refractivity contribution in [1.82, 2.24) is 14.9 Å². The highest BCUT2D eigenvalue weighted by Crippen LogP contribution is 2.25. The van der Waals surface area contributed by atoms with Crippen molar-refractivity contribution in [3.05, 3.63) is 17.1 Å². The number of aryl methyl sites for hydroxylation is 2. The number of hydrogen-bond acceptors (Lipinski definition) is 5. The molecule has 138 valence electrons. The van der Waals surface area contributed by atoms with Gasteiger partial charge in [-0.15, -0.1) is 0 Å². The number of Topliss-reactive ketones (excluding diaryl/α,β-unsaturated/α-hetero) is 1. The molecule has 1 aliphatic rings. The van der Waals surface area contributed by atoms with Gasteiger partial charge in [-0.3, -0.25) is 4.79 Å². The van der Waals surface area contributed by atoms with Gasteiger partial charge in [0.2, 0.25) is 5.91 Å². The molecule has 2 N–H and O–H groups in total. The Bertz CT molecular complexity index is 613. The van der Waals surface area contributed by atoms with Crippen LogP contribution in [0.25, 0.3) is 0 Å². The van der Waals surface area contributed by atoms with E-state index in [1.54, 1.807) is 6.92 Å². The molecule has 0 radical (unpaired) electrons. The third-order valence-corrected chi connectivity index (χ3v) is 5.10. The Hall–Kier alpha value is -1.98. The van der Waals surface area contributed by atoms with E-state index >= 15 is 0 Å². The van der Waals surface area contributed by atoms with Gasteiger partial charge in [0.05, 0.1) is 0 Å². The molecule has 1 amide bonds. The average molecular weight is 346 g/mol. The van der Waals surface area contributed by atoms with Crippen LogP contribution in [0.5, 0.6) is 0 Å². The van der Waals surface area contributed by atoms with Gasteiger partial charge in [-0.05, 0) is 52.4 Å². The fourth-order valence-electron chi connectivity index (χ4n) is 3.69. The molecule has 1 atom stereocenters. The van der Waals surface area contributed by atoms with Crippen LogP contribution in [0.2, 0.25) is 0 Å². The quantitative estimate of drug-likeness (QED) is 0.854. The van der Waals surface area contributed by atoms with Crippen LogP contribution in [0, 0.1) is 25.7 Å². The zero-order valence-electron chi connectivity index (χ0n) is 15.8. The molecule has 1 saturated heterocycles. The van der Waals surface area contributed by atoms with Crippen molar-refractivity contribution in [2.45, 2.75) is 59.8 Å². The van der Waals surface area contributed by atoms with Gasteiger partial charge in [0.15, 0.2) is 0 Å². The Morgan fingerprint density at radius 3 is 2.44 bits per heavy atom. The number of nitrogens with zero attached hydrogens (tertiary/aromatic N) is 3. The highest BCUT2D eigenvalue weighted by Gasteiger charge is 2.26. The van der Waals surface area contributed by atoms with Gasteiger partial charge in [-0.25, -0.2) is 9.97 Å². The van der Waals surface area contributed by atoms with Gasteiger partial charge < -0.3 is 15.4 Å². The summed E-state index contributed by atoms with van der Waals surface area (Å²) in [7, 11) is 0. The van der Waals surface area contributed by atoms with Crippen LogP contribution in [0.15, 0.2) is 0 Å². The van der Waals surface area contributed by atoms with Crippen LogP contribution in [0.3, 0.4) is 0 Å². The summed E-state index contributed by atoms with van der Waals surface area (Å²) in [5.41, 5.74) is 8.06. The molecule has 1 fully saturated rings. The molecular weight excluding hydrogens is 316 g/mol. The predicted octanol–water partition coefficient (Wildman–Crippen LogP) is 2.46. The number of amides is 1. The minimum Gasteiger partial charge on any atom is -0.383 e. The SMILES string of the molecule is CC(=O)C[C@@H](C)C(=O)N1CCC(CCc2c(C)nc(C)nc2N)CC1. The van der Waals surface area contributed by atoms with Crippen molar-refractivity contribution >= 4 is 17.5 Å². The molecule has 0 saturated carbocycles. The van der Waals surface area contributed by atoms with Crippen LogP contribution in [-0.4, -0.2) is 39.6 Å². The number of nitrogen functional groups attached to an aromatic ring is 1.